The highest BCUT2D eigenvalue weighted by atomic mass is 32.3. The summed E-state index contributed by atoms with van der Waals surface area (Å²) in [6, 6.07) is 14.3. The van der Waals surface area contributed by atoms with Crippen molar-refractivity contribution >= 4 is 33.1 Å². The Kier molecular flexibility index (Phi) is 5.09. The lowest BCUT2D eigenvalue weighted by molar-refractivity contribution is 0.324. The van der Waals surface area contributed by atoms with Crippen LogP contribution in [0.2, 0.25) is 0 Å². The summed E-state index contributed by atoms with van der Waals surface area (Å²) in [5, 5.41) is 3.42. The van der Waals surface area contributed by atoms with Crippen molar-refractivity contribution in [2.45, 2.75) is 0 Å². The Morgan fingerprint density at radius 3 is 2.26 bits per heavy atom. The van der Waals surface area contributed by atoms with E-state index in [-0.39, 0.29) is 0 Å². The maximum atomic E-state index is 9.33. The van der Waals surface area contributed by atoms with Gasteiger partial charge < -0.3 is 15.0 Å². The molecule has 0 aliphatic carbocycles. The number of benzene rings is 2. The first-order valence-electron chi connectivity index (χ1n) is 6.67. The third-order valence-corrected chi connectivity index (χ3v) is 3.74. The van der Waals surface area contributed by atoms with E-state index in [1.165, 1.54) is 5.69 Å². The number of hydrogen-bond donors (Lipinski definition) is 2. The SMILES string of the molecule is COS(=O)(=O)O.COc1cccc2c1Nc1ccccc1N2C. The van der Waals surface area contributed by atoms with Crippen LogP contribution in [-0.2, 0) is 14.6 Å². The topological polar surface area (TPSA) is 88.1 Å². The summed E-state index contributed by atoms with van der Waals surface area (Å²) in [6.45, 7) is 0. The Labute approximate surface area is 135 Å². The lowest BCUT2D eigenvalue weighted by Crippen LogP contribution is -2.17. The number of anilines is 4. The molecule has 2 aromatic carbocycles. The Bertz CT molecular complexity index is 792. The Balaban J connectivity index is 0.000000277. The molecular weight excluding hydrogens is 320 g/mol. The molecule has 0 unspecified atom stereocenters. The van der Waals surface area contributed by atoms with Crippen LogP contribution >= 0.6 is 0 Å². The number of fused-ring (bicyclic) bond motifs is 2. The van der Waals surface area contributed by atoms with E-state index in [4.69, 9.17) is 9.29 Å². The largest absolute Gasteiger partial charge is 0.494 e. The van der Waals surface area contributed by atoms with Gasteiger partial charge in [-0.05, 0) is 24.3 Å². The van der Waals surface area contributed by atoms with E-state index in [0.29, 0.717) is 0 Å². The van der Waals surface area contributed by atoms with Crippen molar-refractivity contribution in [1.82, 2.24) is 0 Å². The van der Waals surface area contributed by atoms with Gasteiger partial charge in [-0.1, -0.05) is 18.2 Å². The first-order valence-corrected chi connectivity index (χ1v) is 8.03. The van der Waals surface area contributed by atoms with Gasteiger partial charge in [0.25, 0.3) is 0 Å². The lowest BCUT2D eigenvalue weighted by Gasteiger charge is -2.31. The second-order valence-corrected chi connectivity index (χ2v) is 5.84. The zero-order valence-electron chi connectivity index (χ0n) is 13.0. The van der Waals surface area contributed by atoms with Gasteiger partial charge in [0.05, 0.1) is 31.3 Å². The number of nitrogens with one attached hydrogen (secondary N) is 1. The van der Waals surface area contributed by atoms with Crippen LogP contribution in [0.25, 0.3) is 0 Å². The highest BCUT2D eigenvalue weighted by Gasteiger charge is 2.21. The molecule has 1 aliphatic heterocycles. The molecule has 0 saturated carbocycles. The molecule has 124 valence electrons. The van der Waals surface area contributed by atoms with E-state index < -0.39 is 10.4 Å². The molecule has 0 spiro atoms. The van der Waals surface area contributed by atoms with Crippen LogP contribution in [0.15, 0.2) is 42.5 Å². The van der Waals surface area contributed by atoms with Gasteiger partial charge in [-0.3, -0.25) is 8.74 Å². The minimum Gasteiger partial charge on any atom is -0.494 e. The highest BCUT2D eigenvalue weighted by Crippen LogP contribution is 2.46. The number of nitrogens with zero attached hydrogens (tertiary/aromatic N) is 1. The molecule has 8 heteroatoms. The number of hydrogen-bond acceptors (Lipinski definition) is 6. The molecule has 0 fully saturated rings. The quantitative estimate of drug-likeness (QED) is 0.814. The van der Waals surface area contributed by atoms with Crippen LogP contribution in [0.4, 0.5) is 22.7 Å². The molecule has 0 atom stereocenters. The summed E-state index contributed by atoms with van der Waals surface area (Å²) < 4.78 is 35.1. The number of para-hydroxylation sites is 3. The van der Waals surface area contributed by atoms with Gasteiger partial charge in [-0.2, -0.15) is 8.42 Å². The smallest absolute Gasteiger partial charge is 0.397 e. The van der Waals surface area contributed by atoms with Crippen LogP contribution in [-0.4, -0.2) is 34.2 Å². The monoisotopic (exact) mass is 338 g/mol. The minimum atomic E-state index is -4.16. The molecule has 0 radical (unpaired) electrons. The van der Waals surface area contributed by atoms with Crippen LogP contribution in [0.3, 0.4) is 0 Å². The van der Waals surface area contributed by atoms with E-state index in [0.717, 1.165) is 29.9 Å². The van der Waals surface area contributed by atoms with Crippen molar-refractivity contribution in [2.24, 2.45) is 0 Å². The molecule has 23 heavy (non-hydrogen) atoms. The fourth-order valence-corrected chi connectivity index (χ4v) is 2.23. The van der Waals surface area contributed by atoms with Crippen LogP contribution in [0.1, 0.15) is 0 Å². The molecule has 0 bridgehead atoms. The fraction of sp³-hybridized carbons (Fsp3) is 0.200. The molecule has 3 rings (SSSR count). The summed E-state index contributed by atoms with van der Waals surface area (Å²) in [6.07, 6.45) is 0. The average Bonchev–Trinajstić information content (AvgIpc) is 2.54. The van der Waals surface area contributed by atoms with Gasteiger partial charge >= 0.3 is 10.4 Å². The first kappa shape index (κ1) is 17.1. The normalized spacial score (nSPS) is 12.3. The van der Waals surface area contributed by atoms with Gasteiger partial charge in [0.2, 0.25) is 0 Å². The summed E-state index contributed by atoms with van der Waals surface area (Å²) in [4.78, 5) is 2.17. The summed E-state index contributed by atoms with van der Waals surface area (Å²) in [5.41, 5.74) is 4.43. The Morgan fingerprint density at radius 2 is 1.65 bits per heavy atom. The molecule has 1 heterocycles. The summed E-state index contributed by atoms with van der Waals surface area (Å²) >= 11 is 0. The van der Waals surface area contributed by atoms with Crippen molar-refractivity contribution in [3.63, 3.8) is 0 Å². The molecule has 1 aliphatic rings. The third kappa shape index (κ3) is 3.92. The zero-order chi connectivity index (χ0) is 17.0. The van der Waals surface area contributed by atoms with Crippen molar-refractivity contribution in [1.29, 1.82) is 0 Å². The fourth-order valence-electron chi connectivity index (χ4n) is 2.23. The zero-order valence-corrected chi connectivity index (χ0v) is 13.8. The van der Waals surface area contributed by atoms with Gasteiger partial charge in [-0.15, -0.1) is 0 Å². The Hall–Kier alpha value is -2.29. The third-order valence-electron chi connectivity index (χ3n) is 3.32. The maximum absolute atomic E-state index is 9.33. The molecule has 0 saturated heterocycles. The second kappa shape index (κ2) is 6.86. The number of methoxy groups -OCH3 is 1. The van der Waals surface area contributed by atoms with E-state index in [9.17, 15) is 8.42 Å². The maximum Gasteiger partial charge on any atom is 0.397 e. The van der Waals surface area contributed by atoms with E-state index in [1.54, 1.807) is 7.11 Å². The first-order chi connectivity index (χ1) is 10.9. The van der Waals surface area contributed by atoms with Gasteiger partial charge in [0, 0.05) is 7.05 Å². The molecule has 2 aromatic rings. The van der Waals surface area contributed by atoms with Crippen molar-refractivity contribution in [3.8, 4) is 5.75 Å². The summed E-state index contributed by atoms with van der Waals surface area (Å²) in [7, 11) is 0.468. The van der Waals surface area contributed by atoms with E-state index >= 15 is 0 Å². The number of ether oxygens (including phenoxy) is 1. The average molecular weight is 338 g/mol. The van der Waals surface area contributed by atoms with Gasteiger partial charge in [0.15, 0.2) is 0 Å². The Morgan fingerprint density at radius 1 is 1.04 bits per heavy atom. The molecule has 2 N–H and O–H groups in total. The standard InChI is InChI=1S/C14H14N2O.CH4O4S/c1-16-11-7-4-3-6-10(11)15-14-12(16)8-5-9-13(14)17-2;1-5-6(2,3)4/h3-9,15H,1-2H3;1H3,(H,2,3,4). The van der Waals surface area contributed by atoms with Crippen molar-refractivity contribution in [2.75, 3.05) is 31.5 Å². The second-order valence-electron chi connectivity index (χ2n) is 4.65. The molecule has 0 amide bonds. The highest BCUT2D eigenvalue weighted by molar-refractivity contribution is 7.80. The van der Waals surface area contributed by atoms with Crippen molar-refractivity contribution < 1.29 is 21.9 Å². The van der Waals surface area contributed by atoms with E-state index in [1.807, 2.05) is 24.3 Å². The predicted octanol–water partition coefficient (Wildman–Crippen LogP) is 2.96. The predicted molar refractivity (Wildman–Crippen MR) is 89.3 cm³/mol. The summed E-state index contributed by atoms with van der Waals surface area (Å²) in [5.74, 6) is 0.865. The minimum absolute atomic E-state index is 0.865. The van der Waals surface area contributed by atoms with Crippen LogP contribution < -0.4 is 15.0 Å². The molecule has 7 nitrogen and oxygen atoms in total. The van der Waals surface area contributed by atoms with E-state index in [2.05, 4.69) is 39.6 Å². The van der Waals surface area contributed by atoms with Crippen LogP contribution in [0, 0.1) is 0 Å². The number of rotatable bonds is 2. The van der Waals surface area contributed by atoms with Gasteiger partial charge in [-0.25, -0.2) is 0 Å². The lowest BCUT2D eigenvalue weighted by atomic mass is 10.1. The molecular formula is C15H18N2O5S. The van der Waals surface area contributed by atoms with Crippen LogP contribution in [0.5, 0.6) is 5.75 Å². The van der Waals surface area contributed by atoms with Gasteiger partial charge in [0.1, 0.15) is 11.4 Å². The molecule has 0 aromatic heterocycles. The van der Waals surface area contributed by atoms with Crippen molar-refractivity contribution in [3.05, 3.63) is 42.5 Å².